The van der Waals surface area contributed by atoms with Crippen molar-refractivity contribution in [2.24, 2.45) is 0 Å². The molecule has 1 aromatic carbocycles. The Hall–Kier alpha value is -1.01. The van der Waals surface area contributed by atoms with Gasteiger partial charge in [0.25, 0.3) is 0 Å². The molecule has 1 aromatic rings. The van der Waals surface area contributed by atoms with Crippen molar-refractivity contribution in [3.63, 3.8) is 0 Å². The van der Waals surface area contributed by atoms with E-state index in [0.29, 0.717) is 30.5 Å². The molecule has 1 unspecified atom stereocenters. The highest BCUT2D eigenvalue weighted by atomic mass is 35.5. The van der Waals surface area contributed by atoms with Crippen LogP contribution in [0.25, 0.3) is 0 Å². The van der Waals surface area contributed by atoms with Gasteiger partial charge >= 0.3 is 0 Å². The SMILES string of the molecule is CC(CNC(=O)[C@H]1NCCO[C@@H]1C)Oc1cccc(Cl)c1.Cl. The molecule has 0 saturated carbocycles. The molecule has 1 fully saturated rings. The number of rotatable bonds is 5. The summed E-state index contributed by atoms with van der Waals surface area (Å²) in [5.41, 5.74) is 0. The third-order valence-electron chi connectivity index (χ3n) is 3.30. The van der Waals surface area contributed by atoms with E-state index in [2.05, 4.69) is 10.6 Å². The first-order valence-corrected chi connectivity index (χ1v) is 7.49. The lowest BCUT2D eigenvalue weighted by molar-refractivity contribution is -0.129. The Morgan fingerprint density at radius 3 is 3.05 bits per heavy atom. The summed E-state index contributed by atoms with van der Waals surface area (Å²) in [5.74, 6) is 0.625. The van der Waals surface area contributed by atoms with E-state index in [1.807, 2.05) is 26.0 Å². The van der Waals surface area contributed by atoms with Gasteiger partial charge in [0.1, 0.15) is 17.9 Å². The van der Waals surface area contributed by atoms with Crippen LogP contribution in [0.4, 0.5) is 0 Å². The van der Waals surface area contributed by atoms with Crippen molar-refractivity contribution in [1.29, 1.82) is 0 Å². The molecule has 3 atom stereocenters. The Kier molecular flexibility index (Phi) is 7.96. The lowest BCUT2D eigenvalue weighted by Gasteiger charge is -2.29. The van der Waals surface area contributed by atoms with E-state index in [1.54, 1.807) is 12.1 Å². The van der Waals surface area contributed by atoms with Crippen LogP contribution in [0.5, 0.6) is 5.75 Å². The van der Waals surface area contributed by atoms with Crippen LogP contribution in [0.15, 0.2) is 24.3 Å². The summed E-state index contributed by atoms with van der Waals surface area (Å²) >= 11 is 5.90. The lowest BCUT2D eigenvalue weighted by atomic mass is 10.1. The van der Waals surface area contributed by atoms with Crippen LogP contribution >= 0.6 is 24.0 Å². The van der Waals surface area contributed by atoms with Crippen molar-refractivity contribution in [3.05, 3.63) is 29.3 Å². The fourth-order valence-corrected chi connectivity index (χ4v) is 2.38. The number of nitrogens with one attached hydrogen (secondary N) is 2. The summed E-state index contributed by atoms with van der Waals surface area (Å²) in [7, 11) is 0. The van der Waals surface area contributed by atoms with Crippen LogP contribution in [-0.4, -0.2) is 43.9 Å². The maximum atomic E-state index is 12.1. The molecular formula is C15H22Cl2N2O3. The molecule has 1 heterocycles. The van der Waals surface area contributed by atoms with E-state index in [0.717, 1.165) is 0 Å². The Labute approximate surface area is 142 Å². The van der Waals surface area contributed by atoms with E-state index in [9.17, 15) is 4.79 Å². The van der Waals surface area contributed by atoms with Crippen LogP contribution in [-0.2, 0) is 9.53 Å². The molecule has 0 aromatic heterocycles. The molecule has 1 amide bonds. The van der Waals surface area contributed by atoms with Gasteiger partial charge < -0.3 is 20.1 Å². The second kappa shape index (κ2) is 9.20. The summed E-state index contributed by atoms with van der Waals surface area (Å²) in [6.07, 6.45) is -0.268. The third-order valence-corrected chi connectivity index (χ3v) is 3.53. The average molecular weight is 349 g/mol. The minimum Gasteiger partial charge on any atom is -0.489 e. The zero-order valence-electron chi connectivity index (χ0n) is 12.7. The summed E-state index contributed by atoms with van der Waals surface area (Å²) in [4.78, 5) is 12.1. The second-order valence-corrected chi connectivity index (χ2v) is 5.58. The molecule has 2 rings (SSSR count). The maximum absolute atomic E-state index is 12.1. The zero-order valence-corrected chi connectivity index (χ0v) is 14.2. The van der Waals surface area contributed by atoms with Crippen LogP contribution in [0.1, 0.15) is 13.8 Å². The van der Waals surface area contributed by atoms with Gasteiger partial charge in [0, 0.05) is 11.6 Å². The number of halogens is 2. The van der Waals surface area contributed by atoms with E-state index in [4.69, 9.17) is 21.1 Å². The van der Waals surface area contributed by atoms with Gasteiger partial charge in [-0.15, -0.1) is 12.4 Å². The number of benzene rings is 1. The molecule has 1 aliphatic rings. The molecule has 0 bridgehead atoms. The molecule has 0 radical (unpaired) electrons. The first kappa shape index (κ1) is 19.0. The van der Waals surface area contributed by atoms with Crippen molar-refractivity contribution >= 4 is 29.9 Å². The van der Waals surface area contributed by atoms with Crippen molar-refractivity contribution in [3.8, 4) is 5.75 Å². The third kappa shape index (κ3) is 5.65. The highest BCUT2D eigenvalue weighted by Gasteiger charge is 2.28. The predicted molar refractivity (Wildman–Crippen MR) is 89.0 cm³/mol. The molecule has 124 valence electrons. The molecule has 7 heteroatoms. The van der Waals surface area contributed by atoms with Gasteiger partial charge in [0.05, 0.1) is 19.3 Å². The number of carbonyl (C=O) groups is 1. The largest absolute Gasteiger partial charge is 0.489 e. The predicted octanol–water partition coefficient (Wildman–Crippen LogP) is 2.02. The average Bonchev–Trinajstić information content (AvgIpc) is 2.45. The summed E-state index contributed by atoms with van der Waals surface area (Å²) in [6.45, 7) is 5.55. The maximum Gasteiger partial charge on any atom is 0.239 e. The van der Waals surface area contributed by atoms with Crippen LogP contribution in [0, 0.1) is 0 Å². The summed E-state index contributed by atoms with van der Waals surface area (Å²) in [6, 6.07) is 6.89. The molecule has 0 aliphatic carbocycles. The van der Waals surface area contributed by atoms with Gasteiger partial charge in [-0.05, 0) is 32.0 Å². The van der Waals surface area contributed by atoms with Crippen LogP contribution < -0.4 is 15.4 Å². The molecule has 0 spiro atoms. The Balaban J connectivity index is 0.00000242. The fourth-order valence-electron chi connectivity index (χ4n) is 2.20. The molecular weight excluding hydrogens is 327 g/mol. The topological polar surface area (TPSA) is 59.6 Å². The number of amides is 1. The lowest BCUT2D eigenvalue weighted by Crippen LogP contribution is -2.56. The number of hydrogen-bond donors (Lipinski definition) is 2. The normalized spacial score (nSPS) is 22.3. The van der Waals surface area contributed by atoms with Gasteiger partial charge in [-0.25, -0.2) is 0 Å². The van der Waals surface area contributed by atoms with Gasteiger partial charge in [-0.2, -0.15) is 0 Å². The highest BCUT2D eigenvalue weighted by Crippen LogP contribution is 2.18. The number of carbonyl (C=O) groups excluding carboxylic acids is 1. The minimum absolute atomic E-state index is 0. The Bertz CT molecular complexity index is 488. The molecule has 1 aliphatic heterocycles. The summed E-state index contributed by atoms with van der Waals surface area (Å²) in [5, 5.41) is 6.66. The van der Waals surface area contributed by atoms with Crippen molar-refractivity contribution in [2.45, 2.75) is 32.1 Å². The van der Waals surface area contributed by atoms with E-state index in [1.165, 1.54) is 0 Å². The minimum atomic E-state index is -0.308. The second-order valence-electron chi connectivity index (χ2n) is 5.14. The van der Waals surface area contributed by atoms with Crippen molar-refractivity contribution in [2.75, 3.05) is 19.7 Å². The number of ether oxygens (including phenoxy) is 2. The van der Waals surface area contributed by atoms with E-state index < -0.39 is 0 Å². The first-order chi connectivity index (χ1) is 10.1. The van der Waals surface area contributed by atoms with Crippen molar-refractivity contribution in [1.82, 2.24) is 10.6 Å². The molecule has 22 heavy (non-hydrogen) atoms. The fraction of sp³-hybridized carbons (Fsp3) is 0.533. The summed E-state index contributed by atoms with van der Waals surface area (Å²) < 4.78 is 11.2. The van der Waals surface area contributed by atoms with Gasteiger partial charge in [-0.3, -0.25) is 4.79 Å². The van der Waals surface area contributed by atoms with Crippen LogP contribution in [0.2, 0.25) is 5.02 Å². The zero-order chi connectivity index (χ0) is 15.2. The first-order valence-electron chi connectivity index (χ1n) is 7.11. The van der Waals surface area contributed by atoms with E-state index in [-0.39, 0.29) is 36.6 Å². The van der Waals surface area contributed by atoms with Crippen LogP contribution in [0.3, 0.4) is 0 Å². The number of morpholine rings is 1. The van der Waals surface area contributed by atoms with Crippen molar-refractivity contribution < 1.29 is 14.3 Å². The molecule has 5 nitrogen and oxygen atoms in total. The Morgan fingerprint density at radius 2 is 2.36 bits per heavy atom. The highest BCUT2D eigenvalue weighted by molar-refractivity contribution is 6.30. The molecule has 1 saturated heterocycles. The van der Waals surface area contributed by atoms with Gasteiger partial charge in [-0.1, -0.05) is 17.7 Å². The monoisotopic (exact) mass is 348 g/mol. The Morgan fingerprint density at radius 1 is 1.59 bits per heavy atom. The van der Waals surface area contributed by atoms with Gasteiger partial charge in [0.2, 0.25) is 5.91 Å². The number of hydrogen-bond acceptors (Lipinski definition) is 4. The smallest absolute Gasteiger partial charge is 0.239 e. The molecule has 2 N–H and O–H groups in total. The standard InChI is InChI=1S/C15H21ClN2O3.ClH/c1-10(21-13-5-3-4-12(16)8-13)9-18-15(19)14-11(2)20-7-6-17-14;/h3-5,8,10-11,14,17H,6-7,9H2,1-2H3,(H,18,19);1H/t10?,11-,14+;/m1./s1. The van der Waals surface area contributed by atoms with Gasteiger partial charge in [0.15, 0.2) is 0 Å². The van der Waals surface area contributed by atoms with E-state index >= 15 is 0 Å². The quantitative estimate of drug-likeness (QED) is 0.854.